The zero-order valence-corrected chi connectivity index (χ0v) is 12.3. The number of carbonyl (C=O) groups is 1. The number of aryl methyl sites for hydroxylation is 1. The zero-order chi connectivity index (χ0) is 14.5. The molecule has 0 saturated carbocycles. The van der Waals surface area contributed by atoms with Crippen LogP contribution in [0.15, 0.2) is 6.20 Å². The first-order valence-corrected chi connectivity index (χ1v) is 7.28. The number of nitrogens with zero attached hydrogens (tertiary/aromatic N) is 3. The van der Waals surface area contributed by atoms with Gasteiger partial charge in [0.05, 0.1) is 11.9 Å². The summed E-state index contributed by atoms with van der Waals surface area (Å²) in [7, 11) is 1.78. The predicted molar refractivity (Wildman–Crippen MR) is 76.8 cm³/mol. The van der Waals surface area contributed by atoms with E-state index in [1.165, 1.54) is 38.5 Å². The van der Waals surface area contributed by atoms with Gasteiger partial charge in [0.25, 0.3) is 0 Å². The van der Waals surface area contributed by atoms with E-state index in [1.807, 2.05) is 0 Å². The Kier molecular flexibility index (Phi) is 5.14. The van der Waals surface area contributed by atoms with Crippen LogP contribution in [0.1, 0.15) is 42.2 Å². The van der Waals surface area contributed by atoms with Crippen molar-refractivity contribution >= 4 is 5.97 Å². The number of piperidine rings is 1. The molecule has 112 valence electrons. The lowest BCUT2D eigenvalue weighted by Crippen LogP contribution is -2.41. The Labute approximate surface area is 119 Å². The monoisotopic (exact) mass is 280 g/mol. The van der Waals surface area contributed by atoms with E-state index < -0.39 is 5.97 Å². The van der Waals surface area contributed by atoms with Crippen LogP contribution in [0.3, 0.4) is 0 Å². The average molecular weight is 280 g/mol. The van der Waals surface area contributed by atoms with Gasteiger partial charge < -0.3 is 15.3 Å². The van der Waals surface area contributed by atoms with E-state index in [4.69, 9.17) is 5.11 Å². The lowest BCUT2D eigenvalue weighted by Gasteiger charge is -2.29. The van der Waals surface area contributed by atoms with Crippen molar-refractivity contribution in [1.82, 2.24) is 20.0 Å². The molecule has 1 saturated heterocycles. The molecular formula is C14H24N4O2. The van der Waals surface area contributed by atoms with Gasteiger partial charge in [-0.05, 0) is 32.9 Å². The summed E-state index contributed by atoms with van der Waals surface area (Å²) < 4.78 is 1.63. The standard InChI is InChI=1S/C14H24N4O2/c1-11(10-18-6-4-3-5-7-18)15-9-13-12(14(19)20)8-16-17(13)2/h8,11,15H,3-7,9-10H2,1-2H3,(H,19,20). The Bertz CT molecular complexity index is 452. The first kappa shape index (κ1) is 15.0. The van der Waals surface area contributed by atoms with Gasteiger partial charge in [0.15, 0.2) is 0 Å². The van der Waals surface area contributed by atoms with E-state index >= 15 is 0 Å². The summed E-state index contributed by atoms with van der Waals surface area (Å²) >= 11 is 0. The zero-order valence-electron chi connectivity index (χ0n) is 12.3. The molecule has 1 fully saturated rings. The highest BCUT2D eigenvalue weighted by atomic mass is 16.4. The maximum atomic E-state index is 11.1. The van der Waals surface area contributed by atoms with Gasteiger partial charge in [-0.15, -0.1) is 0 Å². The van der Waals surface area contributed by atoms with Gasteiger partial charge in [-0.1, -0.05) is 6.42 Å². The second-order valence-electron chi connectivity index (χ2n) is 5.58. The maximum absolute atomic E-state index is 11.1. The van der Waals surface area contributed by atoms with Crippen LogP contribution in [0, 0.1) is 0 Å². The summed E-state index contributed by atoms with van der Waals surface area (Å²) in [6.45, 7) is 6.05. The highest BCUT2D eigenvalue weighted by molar-refractivity contribution is 5.88. The average Bonchev–Trinajstić information content (AvgIpc) is 2.79. The molecule has 1 unspecified atom stereocenters. The van der Waals surface area contributed by atoms with Gasteiger partial charge in [0, 0.05) is 26.2 Å². The molecule has 0 aromatic carbocycles. The molecule has 2 N–H and O–H groups in total. The number of hydrogen-bond donors (Lipinski definition) is 2. The van der Waals surface area contributed by atoms with Crippen LogP contribution in [0.25, 0.3) is 0 Å². The first-order chi connectivity index (χ1) is 9.58. The number of aromatic nitrogens is 2. The first-order valence-electron chi connectivity index (χ1n) is 7.28. The van der Waals surface area contributed by atoms with Crippen molar-refractivity contribution in [2.45, 2.75) is 38.8 Å². The third-order valence-electron chi connectivity index (χ3n) is 3.89. The number of carboxylic acids is 1. The lowest BCUT2D eigenvalue weighted by atomic mass is 10.1. The minimum Gasteiger partial charge on any atom is -0.478 e. The molecule has 0 spiro atoms. The third-order valence-corrected chi connectivity index (χ3v) is 3.89. The maximum Gasteiger partial charge on any atom is 0.339 e. The second kappa shape index (κ2) is 6.85. The van der Waals surface area contributed by atoms with Crippen LogP contribution < -0.4 is 5.32 Å². The molecule has 2 rings (SSSR count). The molecule has 6 nitrogen and oxygen atoms in total. The quantitative estimate of drug-likeness (QED) is 0.816. The van der Waals surface area contributed by atoms with Gasteiger partial charge in [0.1, 0.15) is 5.56 Å². The largest absolute Gasteiger partial charge is 0.478 e. The van der Waals surface area contributed by atoms with Crippen molar-refractivity contribution in [1.29, 1.82) is 0 Å². The van der Waals surface area contributed by atoms with E-state index in [9.17, 15) is 4.79 Å². The molecule has 1 atom stereocenters. The third kappa shape index (κ3) is 3.80. The number of carboxylic acid groups (broad SMARTS) is 1. The molecule has 1 aromatic heterocycles. The molecule has 0 radical (unpaired) electrons. The fourth-order valence-electron chi connectivity index (χ4n) is 2.72. The fourth-order valence-corrected chi connectivity index (χ4v) is 2.72. The molecule has 1 aromatic rings. The van der Waals surface area contributed by atoms with Crippen LogP contribution in [-0.2, 0) is 13.6 Å². The summed E-state index contributed by atoms with van der Waals surface area (Å²) in [6, 6.07) is 0.338. The molecular weight excluding hydrogens is 256 g/mol. The lowest BCUT2D eigenvalue weighted by molar-refractivity contribution is 0.0695. The SMILES string of the molecule is CC(CN1CCCCC1)NCc1c(C(=O)O)cnn1C. The number of likely N-dealkylation sites (tertiary alicyclic amines) is 1. The number of aromatic carboxylic acids is 1. The molecule has 0 amide bonds. The van der Waals surface area contributed by atoms with Gasteiger partial charge in [-0.25, -0.2) is 4.79 Å². The van der Waals surface area contributed by atoms with Gasteiger partial charge >= 0.3 is 5.97 Å². The van der Waals surface area contributed by atoms with Crippen LogP contribution in [0.5, 0.6) is 0 Å². The van der Waals surface area contributed by atoms with Crippen molar-refractivity contribution < 1.29 is 9.90 Å². The highest BCUT2D eigenvalue weighted by Crippen LogP contribution is 2.10. The topological polar surface area (TPSA) is 70.4 Å². The van der Waals surface area contributed by atoms with Crippen molar-refractivity contribution in [2.24, 2.45) is 7.05 Å². The van der Waals surface area contributed by atoms with Gasteiger partial charge in [-0.2, -0.15) is 5.10 Å². The minimum absolute atomic E-state index is 0.283. The van der Waals surface area contributed by atoms with E-state index in [0.717, 1.165) is 12.2 Å². The second-order valence-corrected chi connectivity index (χ2v) is 5.58. The van der Waals surface area contributed by atoms with E-state index in [2.05, 4.69) is 22.2 Å². The molecule has 1 aliphatic rings. The Hall–Kier alpha value is -1.40. The summed E-state index contributed by atoms with van der Waals surface area (Å²) in [5.41, 5.74) is 1.01. The van der Waals surface area contributed by atoms with Crippen molar-refractivity contribution in [2.75, 3.05) is 19.6 Å². The summed E-state index contributed by atoms with van der Waals surface area (Å²) in [5, 5.41) is 16.5. The molecule has 1 aliphatic heterocycles. The summed E-state index contributed by atoms with van der Waals surface area (Å²) in [4.78, 5) is 13.6. The normalized spacial score (nSPS) is 18.1. The Morgan fingerprint density at radius 3 is 2.80 bits per heavy atom. The molecule has 2 heterocycles. The minimum atomic E-state index is -0.918. The molecule has 0 aliphatic carbocycles. The highest BCUT2D eigenvalue weighted by Gasteiger charge is 2.17. The van der Waals surface area contributed by atoms with Crippen molar-refractivity contribution in [3.8, 4) is 0 Å². The fraction of sp³-hybridized carbons (Fsp3) is 0.714. The van der Waals surface area contributed by atoms with Crippen LogP contribution in [-0.4, -0.2) is 51.4 Å². The predicted octanol–water partition coefficient (Wildman–Crippen LogP) is 1.08. The van der Waals surface area contributed by atoms with E-state index in [1.54, 1.807) is 11.7 Å². The van der Waals surface area contributed by atoms with E-state index in [0.29, 0.717) is 12.6 Å². The Balaban J connectivity index is 1.85. The van der Waals surface area contributed by atoms with Gasteiger partial charge in [0.2, 0.25) is 0 Å². The number of hydrogen-bond acceptors (Lipinski definition) is 4. The number of nitrogens with one attached hydrogen (secondary N) is 1. The molecule has 20 heavy (non-hydrogen) atoms. The summed E-state index contributed by atoms with van der Waals surface area (Å²) in [6.07, 6.45) is 5.33. The van der Waals surface area contributed by atoms with Crippen molar-refractivity contribution in [3.05, 3.63) is 17.5 Å². The Morgan fingerprint density at radius 2 is 2.15 bits per heavy atom. The molecule has 6 heteroatoms. The molecule has 0 bridgehead atoms. The van der Waals surface area contributed by atoms with Crippen LogP contribution in [0.2, 0.25) is 0 Å². The van der Waals surface area contributed by atoms with Gasteiger partial charge in [-0.3, -0.25) is 4.68 Å². The van der Waals surface area contributed by atoms with Crippen LogP contribution >= 0.6 is 0 Å². The smallest absolute Gasteiger partial charge is 0.339 e. The van der Waals surface area contributed by atoms with E-state index in [-0.39, 0.29) is 5.56 Å². The summed E-state index contributed by atoms with van der Waals surface area (Å²) in [5.74, 6) is -0.918. The number of rotatable bonds is 6. The Morgan fingerprint density at radius 1 is 1.45 bits per heavy atom. The van der Waals surface area contributed by atoms with Crippen LogP contribution in [0.4, 0.5) is 0 Å². The van der Waals surface area contributed by atoms with Crippen molar-refractivity contribution in [3.63, 3.8) is 0 Å².